The summed E-state index contributed by atoms with van der Waals surface area (Å²) in [6, 6.07) is 15.1. The quantitative estimate of drug-likeness (QED) is 0.697. The van der Waals surface area contributed by atoms with Crippen LogP contribution in [-0.4, -0.2) is 26.0 Å². The summed E-state index contributed by atoms with van der Waals surface area (Å²) in [6.45, 7) is 3.91. The van der Waals surface area contributed by atoms with Crippen molar-refractivity contribution in [2.75, 3.05) is 10.7 Å². The summed E-state index contributed by atoms with van der Waals surface area (Å²) in [7, 11) is 0. The van der Waals surface area contributed by atoms with Crippen LogP contribution < -0.4 is 10.7 Å². The Morgan fingerprint density at radius 2 is 1.89 bits per heavy atom. The lowest BCUT2D eigenvalue weighted by molar-refractivity contribution is -0.116. The van der Waals surface area contributed by atoms with Crippen molar-refractivity contribution in [2.24, 2.45) is 0 Å². The maximum absolute atomic E-state index is 13.1. The minimum Gasteiger partial charge on any atom is -0.324 e. The number of nitrogens with zero attached hydrogens (tertiary/aromatic N) is 3. The van der Waals surface area contributed by atoms with Crippen LogP contribution in [0, 0.1) is 13.8 Å². The van der Waals surface area contributed by atoms with Crippen LogP contribution in [0.2, 0.25) is 5.02 Å². The highest BCUT2D eigenvalue weighted by atomic mass is 35.5. The van der Waals surface area contributed by atoms with Gasteiger partial charge in [0.25, 0.3) is 0 Å². The Hall–Kier alpha value is -2.51. The normalized spacial score (nSPS) is 18.5. The number of thioether (sulfide) groups is 1. The summed E-state index contributed by atoms with van der Waals surface area (Å²) < 4.78 is 1.83. The van der Waals surface area contributed by atoms with Gasteiger partial charge >= 0.3 is 0 Å². The van der Waals surface area contributed by atoms with Gasteiger partial charge in [0, 0.05) is 0 Å². The van der Waals surface area contributed by atoms with Gasteiger partial charge in [-0.15, -0.1) is 10.2 Å². The van der Waals surface area contributed by atoms with E-state index in [1.807, 2.05) is 54.9 Å². The minimum atomic E-state index is -0.430. The molecule has 1 aromatic heterocycles. The molecule has 138 valence electrons. The molecule has 2 aromatic carbocycles. The van der Waals surface area contributed by atoms with E-state index in [1.165, 1.54) is 17.3 Å². The van der Waals surface area contributed by atoms with Crippen molar-refractivity contribution in [2.45, 2.75) is 30.3 Å². The van der Waals surface area contributed by atoms with Crippen LogP contribution in [0.25, 0.3) is 0 Å². The number of fused-ring (bicyclic) bond motifs is 1. The molecule has 0 aliphatic carbocycles. The number of hydrogen-bond acceptors (Lipinski definition) is 5. The molecule has 27 heavy (non-hydrogen) atoms. The highest BCUT2D eigenvalue weighted by molar-refractivity contribution is 8.00. The molecule has 6 nitrogen and oxygen atoms in total. The Bertz CT molecular complexity index is 988. The molecular formula is C19H18ClN5OS. The van der Waals surface area contributed by atoms with E-state index in [0.717, 1.165) is 11.4 Å². The van der Waals surface area contributed by atoms with Gasteiger partial charge in [0.2, 0.25) is 11.1 Å². The van der Waals surface area contributed by atoms with Gasteiger partial charge in [0.05, 0.1) is 16.8 Å². The zero-order valence-electron chi connectivity index (χ0n) is 14.8. The molecule has 3 aromatic rings. The van der Waals surface area contributed by atoms with Crippen molar-refractivity contribution in [1.82, 2.24) is 14.9 Å². The molecule has 8 heteroatoms. The topological polar surface area (TPSA) is 71.8 Å². The third kappa shape index (κ3) is 3.52. The molecule has 0 unspecified atom stereocenters. The van der Waals surface area contributed by atoms with Crippen molar-refractivity contribution >= 4 is 35.0 Å². The number of rotatable bonds is 3. The number of carbonyl (C=O) groups is 1. The Morgan fingerprint density at radius 1 is 1.15 bits per heavy atom. The van der Waals surface area contributed by atoms with Crippen LogP contribution in [0.5, 0.6) is 0 Å². The third-order valence-corrected chi connectivity index (χ3v) is 5.97. The van der Waals surface area contributed by atoms with E-state index >= 15 is 0 Å². The highest BCUT2D eigenvalue weighted by Crippen LogP contribution is 2.37. The maximum Gasteiger partial charge on any atom is 0.240 e. The molecule has 2 heterocycles. The SMILES string of the molecule is Cc1ccc([C@H]2Nn3c(C)nnc3S[C@@H]2C(=O)Nc2ccccc2Cl)cc1. The van der Waals surface area contributed by atoms with Crippen LogP contribution in [0.4, 0.5) is 5.69 Å². The second kappa shape index (κ2) is 7.25. The van der Waals surface area contributed by atoms with Gasteiger partial charge in [-0.05, 0) is 31.5 Å². The Morgan fingerprint density at radius 3 is 2.63 bits per heavy atom. The third-order valence-electron chi connectivity index (χ3n) is 4.43. The van der Waals surface area contributed by atoms with Crippen molar-refractivity contribution in [3.8, 4) is 0 Å². The fourth-order valence-corrected chi connectivity index (χ4v) is 4.26. The number of aromatic nitrogens is 3. The van der Waals surface area contributed by atoms with E-state index in [-0.39, 0.29) is 11.9 Å². The zero-order chi connectivity index (χ0) is 19.0. The fourth-order valence-electron chi connectivity index (χ4n) is 2.95. The average molecular weight is 400 g/mol. The van der Waals surface area contributed by atoms with E-state index in [1.54, 1.807) is 12.1 Å². The van der Waals surface area contributed by atoms with Crippen molar-refractivity contribution in [3.63, 3.8) is 0 Å². The van der Waals surface area contributed by atoms with E-state index in [9.17, 15) is 4.79 Å². The number of benzene rings is 2. The number of amides is 1. The molecule has 0 fully saturated rings. The van der Waals surface area contributed by atoms with Gasteiger partial charge < -0.3 is 10.7 Å². The van der Waals surface area contributed by atoms with E-state index in [4.69, 9.17) is 11.6 Å². The summed E-state index contributed by atoms with van der Waals surface area (Å²) in [5, 5.41) is 11.9. The van der Waals surface area contributed by atoms with Gasteiger partial charge in [0.1, 0.15) is 11.1 Å². The number of anilines is 1. The summed E-state index contributed by atoms with van der Waals surface area (Å²) in [5.74, 6) is 0.609. The lowest BCUT2D eigenvalue weighted by atomic mass is 10.0. The van der Waals surface area contributed by atoms with Crippen LogP contribution in [0.3, 0.4) is 0 Å². The van der Waals surface area contributed by atoms with E-state index < -0.39 is 5.25 Å². The summed E-state index contributed by atoms with van der Waals surface area (Å²) >= 11 is 7.59. The van der Waals surface area contributed by atoms with Crippen LogP contribution >= 0.6 is 23.4 Å². The molecule has 0 saturated heterocycles. The van der Waals surface area contributed by atoms with Crippen LogP contribution in [-0.2, 0) is 4.79 Å². The highest BCUT2D eigenvalue weighted by Gasteiger charge is 2.37. The Balaban J connectivity index is 1.68. The largest absolute Gasteiger partial charge is 0.324 e. The number of aryl methyl sites for hydroxylation is 2. The number of para-hydroxylation sites is 1. The van der Waals surface area contributed by atoms with Gasteiger partial charge in [-0.25, -0.2) is 4.68 Å². The summed E-state index contributed by atoms with van der Waals surface area (Å²) in [5.41, 5.74) is 6.17. The van der Waals surface area contributed by atoms with Crippen molar-refractivity contribution in [3.05, 3.63) is 70.5 Å². The van der Waals surface area contributed by atoms with Crippen LogP contribution in [0.15, 0.2) is 53.7 Å². The minimum absolute atomic E-state index is 0.141. The van der Waals surface area contributed by atoms with Gasteiger partial charge in [0.15, 0.2) is 0 Å². The summed E-state index contributed by atoms with van der Waals surface area (Å²) in [4.78, 5) is 13.1. The second-order valence-corrected chi connectivity index (χ2v) is 7.91. The number of carbonyl (C=O) groups excluding carboxylic acids is 1. The van der Waals surface area contributed by atoms with Gasteiger partial charge in [-0.3, -0.25) is 4.79 Å². The predicted molar refractivity (Wildman–Crippen MR) is 108 cm³/mol. The smallest absolute Gasteiger partial charge is 0.240 e. The molecule has 0 spiro atoms. The Labute approximate surface area is 166 Å². The number of halogens is 1. The lowest BCUT2D eigenvalue weighted by Gasteiger charge is -2.32. The van der Waals surface area contributed by atoms with Gasteiger partial charge in [-0.2, -0.15) is 0 Å². The summed E-state index contributed by atoms with van der Waals surface area (Å²) in [6.07, 6.45) is 0. The molecular weight excluding hydrogens is 382 g/mol. The first-order chi connectivity index (χ1) is 13.0. The first kappa shape index (κ1) is 17.9. The van der Waals surface area contributed by atoms with E-state index in [2.05, 4.69) is 20.9 Å². The monoisotopic (exact) mass is 399 g/mol. The van der Waals surface area contributed by atoms with Crippen molar-refractivity contribution < 1.29 is 4.79 Å². The first-order valence-electron chi connectivity index (χ1n) is 8.50. The second-order valence-electron chi connectivity index (χ2n) is 6.39. The molecule has 4 rings (SSSR count). The van der Waals surface area contributed by atoms with Crippen molar-refractivity contribution in [1.29, 1.82) is 0 Å². The Kier molecular flexibility index (Phi) is 4.80. The number of nitrogens with one attached hydrogen (secondary N) is 2. The van der Waals surface area contributed by atoms with E-state index in [0.29, 0.717) is 15.9 Å². The number of hydrogen-bond donors (Lipinski definition) is 2. The standard InChI is InChI=1S/C19H18ClN5OS/c1-11-7-9-13(10-8-11)16-17(27-19-23-22-12(2)25(19)24-16)18(26)21-15-6-4-3-5-14(15)20/h3-10,16-17,24H,1-2H3,(H,21,26)/t16-,17+/m1/s1. The molecule has 0 radical (unpaired) electrons. The fraction of sp³-hybridized carbons (Fsp3) is 0.211. The first-order valence-corrected chi connectivity index (χ1v) is 9.76. The molecule has 1 amide bonds. The van der Waals surface area contributed by atoms with Gasteiger partial charge in [-0.1, -0.05) is 65.3 Å². The average Bonchev–Trinajstić information content (AvgIpc) is 3.03. The maximum atomic E-state index is 13.1. The zero-order valence-corrected chi connectivity index (χ0v) is 16.4. The molecule has 1 aliphatic heterocycles. The molecule has 2 N–H and O–H groups in total. The molecule has 0 bridgehead atoms. The molecule has 2 atom stereocenters. The van der Waals surface area contributed by atoms with Crippen LogP contribution in [0.1, 0.15) is 23.0 Å². The molecule has 0 saturated carbocycles. The molecule has 1 aliphatic rings. The predicted octanol–water partition coefficient (Wildman–Crippen LogP) is 3.95. The lowest BCUT2D eigenvalue weighted by Crippen LogP contribution is -2.41.